The van der Waals surface area contributed by atoms with E-state index < -0.39 is 4.33 Å². The molecule has 1 unspecified atom stereocenters. The van der Waals surface area contributed by atoms with Crippen molar-refractivity contribution in [2.75, 3.05) is 31.1 Å². The van der Waals surface area contributed by atoms with Crippen LogP contribution in [0.5, 0.6) is 0 Å². The highest BCUT2D eigenvalue weighted by Gasteiger charge is 2.56. The average Bonchev–Trinajstić information content (AvgIpc) is 3.15. The van der Waals surface area contributed by atoms with Crippen molar-refractivity contribution >= 4 is 47.2 Å². The Kier molecular flexibility index (Phi) is 6.00. The Balaban J connectivity index is 0.00000192. The van der Waals surface area contributed by atoms with E-state index in [0.29, 0.717) is 12.1 Å². The molecular formula is C15H19Cl3FN3O. The Bertz CT molecular complexity index is 579. The van der Waals surface area contributed by atoms with E-state index in [2.05, 4.69) is 10.6 Å². The molecule has 128 valence electrons. The van der Waals surface area contributed by atoms with Crippen LogP contribution in [0.4, 0.5) is 10.1 Å². The van der Waals surface area contributed by atoms with Crippen molar-refractivity contribution < 1.29 is 9.18 Å². The maximum Gasteiger partial charge on any atom is 0.226 e. The third-order valence-electron chi connectivity index (χ3n) is 4.08. The normalized spacial score (nSPS) is 22.2. The summed E-state index contributed by atoms with van der Waals surface area (Å²) in [5.74, 6) is -0.804. The molecule has 0 spiro atoms. The number of hydrogen-bond acceptors (Lipinski definition) is 3. The van der Waals surface area contributed by atoms with Crippen molar-refractivity contribution in [2.45, 2.75) is 17.3 Å². The monoisotopic (exact) mass is 381 g/mol. The van der Waals surface area contributed by atoms with Gasteiger partial charge in [-0.05, 0) is 24.1 Å². The minimum atomic E-state index is -0.929. The number of nitrogens with zero attached hydrogens (tertiary/aromatic N) is 1. The molecule has 1 heterocycles. The van der Waals surface area contributed by atoms with E-state index in [9.17, 15) is 9.18 Å². The molecule has 1 saturated heterocycles. The van der Waals surface area contributed by atoms with Crippen molar-refractivity contribution in [2.24, 2.45) is 5.92 Å². The molecular weight excluding hydrogens is 364 g/mol. The molecule has 4 nitrogen and oxygen atoms in total. The van der Waals surface area contributed by atoms with E-state index in [-0.39, 0.29) is 36.6 Å². The maximum atomic E-state index is 14.2. The van der Waals surface area contributed by atoms with E-state index in [4.69, 9.17) is 23.2 Å². The summed E-state index contributed by atoms with van der Waals surface area (Å²) in [4.78, 5) is 13.8. The number of halogens is 4. The minimum absolute atomic E-state index is 0. The van der Waals surface area contributed by atoms with Crippen LogP contribution in [0.15, 0.2) is 18.2 Å². The van der Waals surface area contributed by atoms with Crippen molar-refractivity contribution in [1.82, 2.24) is 10.6 Å². The quantitative estimate of drug-likeness (QED) is 0.786. The number of amides is 1. The van der Waals surface area contributed by atoms with Crippen LogP contribution in [0.2, 0.25) is 0 Å². The summed E-state index contributed by atoms with van der Waals surface area (Å²) in [6, 6.07) is 5.08. The van der Waals surface area contributed by atoms with Gasteiger partial charge < -0.3 is 15.5 Å². The van der Waals surface area contributed by atoms with Gasteiger partial charge in [0.05, 0.1) is 11.6 Å². The number of benzene rings is 1. The summed E-state index contributed by atoms with van der Waals surface area (Å²) in [6.07, 6.45) is 0.470. The van der Waals surface area contributed by atoms with Gasteiger partial charge in [-0.3, -0.25) is 4.79 Å². The predicted molar refractivity (Wildman–Crippen MR) is 93.1 cm³/mol. The number of rotatable bonds is 4. The number of hydrogen-bond donors (Lipinski definition) is 2. The molecule has 8 heteroatoms. The first-order valence-corrected chi connectivity index (χ1v) is 8.12. The second kappa shape index (κ2) is 7.43. The van der Waals surface area contributed by atoms with Gasteiger partial charge in [-0.2, -0.15) is 0 Å². The lowest BCUT2D eigenvalue weighted by atomic mass is 10.1. The SMILES string of the molecule is Cl.O=C(NCc1ccc(N2CCNCC2)c(F)c1)C1CC1(Cl)Cl. The number of nitrogens with one attached hydrogen (secondary N) is 2. The fraction of sp³-hybridized carbons (Fsp3) is 0.533. The van der Waals surface area contributed by atoms with Crippen LogP contribution in [0.3, 0.4) is 0 Å². The van der Waals surface area contributed by atoms with Crippen LogP contribution < -0.4 is 15.5 Å². The van der Waals surface area contributed by atoms with E-state index in [1.165, 1.54) is 6.07 Å². The number of anilines is 1. The zero-order valence-corrected chi connectivity index (χ0v) is 14.8. The van der Waals surface area contributed by atoms with Gasteiger partial charge in [-0.1, -0.05) is 6.07 Å². The van der Waals surface area contributed by atoms with Gasteiger partial charge in [0.2, 0.25) is 5.91 Å². The lowest BCUT2D eigenvalue weighted by molar-refractivity contribution is -0.122. The summed E-state index contributed by atoms with van der Waals surface area (Å²) in [6.45, 7) is 3.58. The molecule has 23 heavy (non-hydrogen) atoms. The molecule has 2 fully saturated rings. The predicted octanol–water partition coefficient (Wildman–Crippen LogP) is 2.47. The zero-order chi connectivity index (χ0) is 15.7. The van der Waals surface area contributed by atoms with Crippen LogP contribution in [0.25, 0.3) is 0 Å². The van der Waals surface area contributed by atoms with Crippen LogP contribution >= 0.6 is 35.6 Å². The van der Waals surface area contributed by atoms with Gasteiger partial charge in [-0.25, -0.2) is 4.39 Å². The molecule has 1 atom stereocenters. The molecule has 1 aromatic carbocycles. The summed E-state index contributed by atoms with van der Waals surface area (Å²) in [7, 11) is 0. The molecule has 1 aromatic rings. The first kappa shape index (κ1) is 18.6. The Morgan fingerprint density at radius 2 is 2.04 bits per heavy atom. The van der Waals surface area contributed by atoms with Crippen LogP contribution in [0.1, 0.15) is 12.0 Å². The Morgan fingerprint density at radius 3 is 2.61 bits per heavy atom. The maximum absolute atomic E-state index is 14.2. The highest BCUT2D eigenvalue weighted by Crippen LogP contribution is 2.53. The highest BCUT2D eigenvalue weighted by molar-refractivity contribution is 6.52. The van der Waals surface area contributed by atoms with Gasteiger partial charge in [0.25, 0.3) is 0 Å². The smallest absolute Gasteiger partial charge is 0.226 e. The van der Waals surface area contributed by atoms with Crippen molar-refractivity contribution in [1.29, 1.82) is 0 Å². The Hall–Kier alpha value is -0.750. The molecule has 2 aliphatic rings. The van der Waals surface area contributed by atoms with Gasteiger partial charge in [0.15, 0.2) is 0 Å². The topological polar surface area (TPSA) is 44.4 Å². The summed E-state index contributed by atoms with van der Waals surface area (Å²) in [5.41, 5.74) is 1.33. The molecule has 1 aliphatic heterocycles. The van der Waals surface area contributed by atoms with E-state index in [0.717, 1.165) is 31.7 Å². The second-order valence-corrected chi connectivity index (χ2v) is 7.30. The third kappa shape index (κ3) is 4.41. The van der Waals surface area contributed by atoms with E-state index in [1.54, 1.807) is 6.07 Å². The summed E-state index contributed by atoms with van der Waals surface area (Å²) >= 11 is 11.7. The average molecular weight is 383 g/mol. The fourth-order valence-corrected chi connectivity index (χ4v) is 3.14. The van der Waals surface area contributed by atoms with Gasteiger partial charge in [0.1, 0.15) is 10.2 Å². The minimum Gasteiger partial charge on any atom is -0.367 e. The van der Waals surface area contributed by atoms with Crippen molar-refractivity contribution in [3.63, 3.8) is 0 Å². The number of alkyl halides is 2. The lowest BCUT2D eigenvalue weighted by Crippen LogP contribution is -2.43. The molecule has 2 N–H and O–H groups in total. The Morgan fingerprint density at radius 1 is 1.39 bits per heavy atom. The van der Waals surface area contributed by atoms with Gasteiger partial charge >= 0.3 is 0 Å². The second-order valence-electron chi connectivity index (χ2n) is 5.76. The third-order valence-corrected chi connectivity index (χ3v) is 4.91. The molecule has 1 aliphatic carbocycles. The lowest BCUT2D eigenvalue weighted by Gasteiger charge is -2.29. The van der Waals surface area contributed by atoms with Crippen LogP contribution in [-0.2, 0) is 11.3 Å². The van der Waals surface area contributed by atoms with Crippen LogP contribution in [0, 0.1) is 11.7 Å². The van der Waals surface area contributed by atoms with Crippen molar-refractivity contribution in [3.8, 4) is 0 Å². The number of piperazine rings is 1. The van der Waals surface area contributed by atoms with Gasteiger partial charge in [-0.15, -0.1) is 35.6 Å². The largest absolute Gasteiger partial charge is 0.367 e. The first-order valence-electron chi connectivity index (χ1n) is 7.37. The highest BCUT2D eigenvalue weighted by atomic mass is 35.5. The zero-order valence-electron chi connectivity index (χ0n) is 12.4. The van der Waals surface area contributed by atoms with Crippen molar-refractivity contribution in [3.05, 3.63) is 29.6 Å². The summed E-state index contributed by atoms with van der Waals surface area (Å²) in [5, 5.41) is 5.98. The first-order chi connectivity index (χ1) is 10.5. The van der Waals surface area contributed by atoms with E-state index >= 15 is 0 Å². The van der Waals surface area contributed by atoms with Gasteiger partial charge in [0, 0.05) is 32.7 Å². The number of carbonyl (C=O) groups is 1. The standard InChI is InChI=1S/C15H18Cl2FN3O.ClH/c16-15(17)8-11(15)14(22)20-9-10-1-2-13(12(18)7-10)21-5-3-19-4-6-21;/h1-2,7,11,19H,3-6,8-9H2,(H,20,22);1H. The number of carbonyl (C=O) groups excluding carboxylic acids is 1. The molecule has 0 radical (unpaired) electrons. The molecule has 1 saturated carbocycles. The molecule has 3 rings (SSSR count). The fourth-order valence-electron chi connectivity index (χ4n) is 2.63. The summed E-state index contributed by atoms with van der Waals surface area (Å²) < 4.78 is 13.3. The van der Waals surface area contributed by atoms with E-state index in [1.807, 2.05) is 11.0 Å². The molecule has 0 bridgehead atoms. The molecule has 1 amide bonds. The van der Waals surface area contributed by atoms with Crippen LogP contribution in [-0.4, -0.2) is 36.4 Å². The molecule has 0 aromatic heterocycles. The Labute approximate surface area is 151 Å².